The molecule has 0 aromatic rings. The minimum Gasteiger partial charge on any atom is -0.394 e. The zero-order valence-electron chi connectivity index (χ0n) is 8.67. The molecule has 0 amide bonds. The molecule has 1 N–H and O–H groups in total. The summed E-state index contributed by atoms with van der Waals surface area (Å²) in [6, 6.07) is 0. The molecule has 2 atom stereocenters. The van der Waals surface area contributed by atoms with Crippen LogP contribution in [0.15, 0.2) is 0 Å². The molecule has 2 nitrogen and oxygen atoms in total. The first-order valence-corrected chi connectivity index (χ1v) is 5.64. The Morgan fingerprint density at radius 3 is 2.31 bits per heavy atom. The molecular weight excluding hydrogens is 164 g/mol. The topological polar surface area (TPSA) is 32.8 Å². The number of hydrogen-bond donors (Lipinski definition) is 1. The lowest BCUT2D eigenvalue weighted by molar-refractivity contribution is 0.241. The van der Waals surface area contributed by atoms with E-state index in [2.05, 4.69) is 6.92 Å². The highest BCUT2D eigenvalue weighted by Crippen LogP contribution is 2.26. The summed E-state index contributed by atoms with van der Waals surface area (Å²) in [5, 5.41) is 8.72. The summed E-state index contributed by atoms with van der Waals surface area (Å²) in [7, 11) is 0. The lowest BCUT2D eigenvalue weighted by atomic mass is 10.1. The predicted octanol–water partition coefficient (Wildman–Crippen LogP) is 2.50. The Labute approximate surface area is 81.3 Å². The van der Waals surface area contributed by atoms with Crippen LogP contribution in [0.25, 0.3) is 0 Å². The fourth-order valence-electron chi connectivity index (χ4n) is 1.72. The van der Waals surface area contributed by atoms with Gasteiger partial charge < -0.3 is 9.84 Å². The Hall–Kier alpha value is -0.0800. The molecule has 1 saturated heterocycles. The molecular formula is C11H22O2. The summed E-state index contributed by atoms with van der Waals surface area (Å²) < 4.78 is 5.24. The maximum absolute atomic E-state index is 8.72. The van der Waals surface area contributed by atoms with Gasteiger partial charge in [0.15, 0.2) is 0 Å². The lowest BCUT2D eigenvalue weighted by Crippen LogP contribution is -1.98. The number of aliphatic hydroxyl groups excluding tert-OH is 1. The zero-order chi connectivity index (χ0) is 9.52. The van der Waals surface area contributed by atoms with Gasteiger partial charge in [0.25, 0.3) is 0 Å². The molecule has 1 aliphatic rings. The highest BCUT2D eigenvalue weighted by molar-refractivity contribution is 4.83. The molecule has 0 aliphatic carbocycles. The third kappa shape index (κ3) is 4.63. The number of aliphatic hydroxyl groups is 1. The summed E-state index contributed by atoms with van der Waals surface area (Å²) in [5.41, 5.74) is 0. The van der Waals surface area contributed by atoms with Gasteiger partial charge in [-0.25, -0.2) is 0 Å². The summed E-state index contributed by atoms with van der Waals surface area (Å²) in [4.78, 5) is 0. The predicted molar refractivity (Wildman–Crippen MR) is 53.7 cm³/mol. The van der Waals surface area contributed by atoms with Gasteiger partial charge in [-0.2, -0.15) is 0 Å². The van der Waals surface area contributed by atoms with Gasteiger partial charge in [-0.15, -0.1) is 0 Å². The molecule has 2 heteroatoms. The molecule has 1 heterocycles. The molecule has 78 valence electrons. The van der Waals surface area contributed by atoms with Crippen molar-refractivity contribution in [2.24, 2.45) is 0 Å². The van der Waals surface area contributed by atoms with E-state index in [4.69, 9.17) is 9.84 Å². The zero-order valence-corrected chi connectivity index (χ0v) is 8.67. The Bertz CT molecular complexity index is 125. The van der Waals surface area contributed by atoms with Gasteiger partial charge in [0.1, 0.15) is 6.10 Å². The van der Waals surface area contributed by atoms with Crippen molar-refractivity contribution in [3.05, 3.63) is 0 Å². The van der Waals surface area contributed by atoms with Crippen molar-refractivity contribution < 1.29 is 9.84 Å². The smallest absolute Gasteiger partial charge is 0.107 e. The largest absolute Gasteiger partial charge is 0.394 e. The van der Waals surface area contributed by atoms with Gasteiger partial charge in [0, 0.05) is 0 Å². The maximum atomic E-state index is 8.72. The Kier molecular flexibility index (Phi) is 5.40. The van der Waals surface area contributed by atoms with E-state index in [1.807, 2.05) is 0 Å². The molecule has 0 saturated carbocycles. The Morgan fingerprint density at radius 2 is 1.69 bits per heavy atom. The third-order valence-electron chi connectivity index (χ3n) is 2.71. The minimum atomic E-state index is 0.177. The van der Waals surface area contributed by atoms with Crippen LogP contribution in [0.5, 0.6) is 0 Å². The molecule has 0 aromatic carbocycles. The van der Waals surface area contributed by atoms with E-state index in [9.17, 15) is 0 Å². The second-order valence-electron chi connectivity index (χ2n) is 3.95. The SMILES string of the molecule is CCCCCCCCC1OC1CO. The third-order valence-corrected chi connectivity index (χ3v) is 2.71. The molecule has 0 aromatic heterocycles. The average Bonchev–Trinajstić information content (AvgIpc) is 2.90. The van der Waals surface area contributed by atoms with Gasteiger partial charge in [0.2, 0.25) is 0 Å². The number of unbranched alkanes of at least 4 members (excludes halogenated alkanes) is 5. The van der Waals surface area contributed by atoms with E-state index in [-0.39, 0.29) is 12.7 Å². The van der Waals surface area contributed by atoms with Crippen LogP contribution in [-0.4, -0.2) is 23.9 Å². The van der Waals surface area contributed by atoms with Crippen molar-refractivity contribution in [3.8, 4) is 0 Å². The van der Waals surface area contributed by atoms with Gasteiger partial charge in [-0.1, -0.05) is 45.4 Å². The van der Waals surface area contributed by atoms with Crippen molar-refractivity contribution in [1.29, 1.82) is 0 Å². The second-order valence-corrected chi connectivity index (χ2v) is 3.95. The fourth-order valence-corrected chi connectivity index (χ4v) is 1.72. The minimum absolute atomic E-state index is 0.177. The molecule has 1 aliphatic heterocycles. The fraction of sp³-hybridized carbons (Fsp3) is 1.00. The highest BCUT2D eigenvalue weighted by Gasteiger charge is 2.36. The first kappa shape index (κ1) is 11.0. The van der Waals surface area contributed by atoms with Gasteiger partial charge >= 0.3 is 0 Å². The van der Waals surface area contributed by atoms with E-state index in [1.54, 1.807) is 0 Å². The van der Waals surface area contributed by atoms with Crippen LogP contribution in [0.3, 0.4) is 0 Å². The standard InChI is InChI=1S/C11H22O2/c1-2-3-4-5-6-7-8-10-11(9-12)13-10/h10-12H,2-9H2,1H3. The summed E-state index contributed by atoms with van der Waals surface area (Å²) >= 11 is 0. The van der Waals surface area contributed by atoms with Crippen molar-refractivity contribution in [1.82, 2.24) is 0 Å². The van der Waals surface area contributed by atoms with Crippen LogP contribution in [0, 0.1) is 0 Å². The maximum Gasteiger partial charge on any atom is 0.107 e. The molecule has 1 fully saturated rings. The highest BCUT2D eigenvalue weighted by atomic mass is 16.6. The van der Waals surface area contributed by atoms with E-state index in [0.717, 1.165) is 6.42 Å². The molecule has 13 heavy (non-hydrogen) atoms. The molecule has 0 spiro atoms. The van der Waals surface area contributed by atoms with Crippen LogP contribution >= 0.6 is 0 Å². The van der Waals surface area contributed by atoms with Crippen LogP contribution in [0.2, 0.25) is 0 Å². The first-order chi connectivity index (χ1) is 6.38. The number of rotatable bonds is 8. The molecule has 0 radical (unpaired) electrons. The van der Waals surface area contributed by atoms with E-state index in [0.29, 0.717) is 6.10 Å². The van der Waals surface area contributed by atoms with Crippen molar-refractivity contribution >= 4 is 0 Å². The molecule has 0 bridgehead atoms. The van der Waals surface area contributed by atoms with E-state index in [1.165, 1.54) is 38.5 Å². The summed E-state index contributed by atoms with van der Waals surface area (Å²) in [5.74, 6) is 0. The van der Waals surface area contributed by atoms with Crippen molar-refractivity contribution in [3.63, 3.8) is 0 Å². The van der Waals surface area contributed by atoms with Crippen LogP contribution in [-0.2, 0) is 4.74 Å². The second kappa shape index (κ2) is 6.39. The monoisotopic (exact) mass is 186 g/mol. The van der Waals surface area contributed by atoms with Crippen LogP contribution in [0.1, 0.15) is 51.9 Å². The Morgan fingerprint density at radius 1 is 1.00 bits per heavy atom. The first-order valence-electron chi connectivity index (χ1n) is 5.64. The van der Waals surface area contributed by atoms with Gasteiger partial charge in [-0.3, -0.25) is 0 Å². The number of hydrogen-bond acceptors (Lipinski definition) is 2. The normalized spacial score (nSPS) is 26.3. The van der Waals surface area contributed by atoms with Crippen molar-refractivity contribution in [2.45, 2.75) is 64.1 Å². The van der Waals surface area contributed by atoms with Gasteiger partial charge in [0.05, 0.1) is 12.7 Å². The average molecular weight is 186 g/mol. The number of epoxide rings is 1. The quantitative estimate of drug-likeness (QED) is 0.466. The summed E-state index contributed by atoms with van der Waals surface area (Å²) in [6.07, 6.45) is 9.75. The van der Waals surface area contributed by atoms with Gasteiger partial charge in [-0.05, 0) is 6.42 Å². The molecule has 2 unspecified atom stereocenters. The van der Waals surface area contributed by atoms with E-state index >= 15 is 0 Å². The van der Waals surface area contributed by atoms with Crippen LogP contribution < -0.4 is 0 Å². The summed E-state index contributed by atoms with van der Waals surface area (Å²) in [6.45, 7) is 2.45. The van der Waals surface area contributed by atoms with Crippen LogP contribution in [0.4, 0.5) is 0 Å². The number of ether oxygens (including phenoxy) is 1. The van der Waals surface area contributed by atoms with Crippen molar-refractivity contribution in [2.75, 3.05) is 6.61 Å². The molecule has 1 rings (SSSR count). The lowest BCUT2D eigenvalue weighted by Gasteiger charge is -1.98. The van der Waals surface area contributed by atoms with E-state index < -0.39 is 0 Å². The Balaban J connectivity index is 1.75.